The van der Waals surface area contributed by atoms with Crippen LogP contribution in [0.15, 0.2) is 30.3 Å². The van der Waals surface area contributed by atoms with Gasteiger partial charge in [-0.05, 0) is 74.1 Å². The predicted molar refractivity (Wildman–Crippen MR) is 86.2 cm³/mol. The van der Waals surface area contributed by atoms with E-state index in [4.69, 9.17) is 4.74 Å². The number of hydrogen-bond acceptors (Lipinski definition) is 2. The number of benzene rings is 2. The molecule has 2 rings (SSSR count). The Bertz CT molecular complexity index is 641. The van der Waals surface area contributed by atoms with Crippen LogP contribution in [0.5, 0.6) is 5.75 Å². The van der Waals surface area contributed by atoms with Crippen molar-refractivity contribution in [2.75, 3.05) is 0 Å². The van der Waals surface area contributed by atoms with Gasteiger partial charge in [-0.2, -0.15) is 0 Å². The highest BCUT2D eigenvalue weighted by atomic mass is 16.5. The SMILES string of the molecule is CCc1cc(C)c(C(=O)Oc2cc(C)cc(C)c2)c(C)c1. The molecule has 0 radical (unpaired) electrons. The van der Waals surface area contributed by atoms with Crippen LogP contribution in [-0.4, -0.2) is 5.97 Å². The molecule has 0 aliphatic rings. The van der Waals surface area contributed by atoms with E-state index in [0.29, 0.717) is 11.3 Å². The lowest BCUT2D eigenvalue weighted by atomic mass is 9.98. The van der Waals surface area contributed by atoms with Gasteiger partial charge in [0.2, 0.25) is 0 Å². The summed E-state index contributed by atoms with van der Waals surface area (Å²) in [7, 11) is 0. The van der Waals surface area contributed by atoms with E-state index >= 15 is 0 Å². The van der Waals surface area contributed by atoms with Gasteiger partial charge in [0, 0.05) is 0 Å². The lowest BCUT2D eigenvalue weighted by molar-refractivity contribution is 0.0733. The average molecular weight is 282 g/mol. The zero-order chi connectivity index (χ0) is 15.6. The Hall–Kier alpha value is -2.09. The van der Waals surface area contributed by atoms with Crippen LogP contribution < -0.4 is 4.74 Å². The molecule has 0 aliphatic heterocycles. The van der Waals surface area contributed by atoms with Gasteiger partial charge in [-0.15, -0.1) is 0 Å². The van der Waals surface area contributed by atoms with Crippen molar-refractivity contribution in [3.63, 3.8) is 0 Å². The molecule has 0 unspecified atom stereocenters. The molecule has 0 heterocycles. The Labute approximate surface area is 126 Å². The Morgan fingerprint density at radius 3 is 1.90 bits per heavy atom. The standard InChI is InChI=1S/C19H22O2/c1-6-16-10-14(4)18(15(5)11-16)19(20)21-17-8-12(2)7-13(3)9-17/h7-11H,6H2,1-5H3. The van der Waals surface area contributed by atoms with Crippen LogP contribution in [0.3, 0.4) is 0 Å². The molecule has 2 aromatic rings. The van der Waals surface area contributed by atoms with Crippen molar-refractivity contribution < 1.29 is 9.53 Å². The molecular formula is C19H22O2. The summed E-state index contributed by atoms with van der Waals surface area (Å²) in [5, 5.41) is 0. The molecule has 0 spiro atoms. The van der Waals surface area contributed by atoms with Crippen LogP contribution in [0.4, 0.5) is 0 Å². The minimum absolute atomic E-state index is 0.280. The molecular weight excluding hydrogens is 260 g/mol. The fourth-order valence-corrected chi connectivity index (χ4v) is 2.73. The molecule has 0 aromatic heterocycles. The fourth-order valence-electron chi connectivity index (χ4n) is 2.73. The molecule has 2 heteroatoms. The number of rotatable bonds is 3. The molecule has 0 saturated carbocycles. The second-order valence-electron chi connectivity index (χ2n) is 5.67. The molecule has 0 amide bonds. The molecule has 0 fully saturated rings. The zero-order valence-electron chi connectivity index (χ0n) is 13.4. The van der Waals surface area contributed by atoms with E-state index in [1.54, 1.807) is 0 Å². The number of aryl methyl sites for hydroxylation is 5. The van der Waals surface area contributed by atoms with Gasteiger partial charge in [0.1, 0.15) is 5.75 Å². The van der Waals surface area contributed by atoms with Gasteiger partial charge in [-0.3, -0.25) is 0 Å². The largest absolute Gasteiger partial charge is 0.423 e. The lowest BCUT2D eigenvalue weighted by Gasteiger charge is -2.12. The first kappa shape index (κ1) is 15.3. The highest BCUT2D eigenvalue weighted by molar-refractivity contribution is 5.94. The minimum atomic E-state index is -0.280. The summed E-state index contributed by atoms with van der Waals surface area (Å²) < 4.78 is 5.56. The van der Waals surface area contributed by atoms with Gasteiger partial charge in [0.15, 0.2) is 0 Å². The maximum absolute atomic E-state index is 12.5. The molecule has 110 valence electrons. The topological polar surface area (TPSA) is 26.3 Å². The monoisotopic (exact) mass is 282 g/mol. The van der Waals surface area contributed by atoms with Crippen LogP contribution in [0.1, 0.15) is 45.1 Å². The molecule has 2 nitrogen and oxygen atoms in total. The van der Waals surface area contributed by atoms with Gasteiger partial charge in [0.05, 0.1) is 5.56 Å². The van der Waals surface area contributed by atoms with Gasteiger partial charge < -0.3 is 4.74 Å². The molecule has 21 heavy (non-hydrogen) atoms. The van der Waals surface area contributed by atoms with E-state index in [9.17, 15) is 4.79 Å². The number of hydrogen-bond donors (Lipinski definition) is 0. The molecule has 0 saturated heterocycles. The normalized spacial score (nSPS) is 10.5. The van der Waals surface area contributed by atoms with Crippen LogP contribution >= 0.6 is 0 Å². The quantitative estimate of drug-likeness (QED) is 0.602. The average Bonchev–Trinajstić information content (AvgIpc) is 2.36. The summed E-state index contributed by atoms with van der Waals surface area (Å²) in [4.78, 5) is 12.5. The third-order valence-electron chi connectivity index (χ3n) is 3.61. The van der Waals surface area contributed by atoms with E-state index in [-0.39, 0.29) is 5.97 Å². The maximum Gasteiger partial charge on any atom is 0.344 e. The maximum atomic E-state index is 12.5. The van der Waals surface area contributed by atoms with Crippen LogP contribution in [-0.2, 0) is 6.42 Å². The summed E-state index contributed by atoms with van der Waals surface area (Å²) in [5.74, 6) is 0.327. The number of carbonyl (C=O) groups excluding carboxylic acids is 1. The zero-order valence-corrected chi connectivity index (χ0v) is 13.4. The van der Waals surface area contributed by atoms with Gasteiger partial charge >= 0.3 is 5.97 Å². The molecule has 2 aromatic carbocycles. The molecule has 0 aliphatic carbocycles. The Kier molecular flexibility index (Phi) is 4.46. The Morgan fingerprint density at radius 2 is 1.43 bits per heavy atom. The van der Waals surface area contributed by atoms with Crippen molar-refractivity contribution in [3.8, 4) is 5.75 Å². The number of ether oxygens (including phenoxy) is 1. The van der Waals surface area contributed by atoms with Gasteiger partial charge in [-0.1, -0.05) is 25.1 Å². The van der Waals surface area contributed by atoms with Gasteiger partial charge in [0.25, 0.3) is 0 Å². The fraction of sp³-hybridized carbons (Fsp3) is 0.316. The molecule has 0 N–H and O–H groups in total. The third-order valence-corrected chi connectivity index (χ3v) is 3.61. The Balaban J connectivity index is 2.32. The highest BCUT2D eigenvalue weighted by Gasteiger charge is 2.15. The van der Waals surface area contributed by atoms with Crippen LogP contribution in [0.2, 0.25) is 0 Å². The smallest absolute Gasteiger partial charge is 0.344 e. The second kappa shape index (κ2) is 6.13. The Morgan fingerprint density at radius 1 is 0.905 bits per heavy atom. The third kappa shape index (κ3) is 3.52. The summed E-state index contributed by atoms with van der Waals surface area (Å²) in [6.45, 7) is 10.0. The van der Waals surface area contributed by atoms with Crippen LogP contribution in [0, 0.1) is 27.7 Å². The van der Waals surface area contributed by atoms with Crippen molar-refractivity contribution in [2.45, 2.75) is 41.0 Å². The predicted octanol–water partition coefficient (Wildman–Crippen LogP) is 4.70. The minimum Gasteiger partial charge on any atom is -0.423 e. The van der Waals surface area contributed by atoms with Crippen molar-refractivity contribution in [1.82, 2.24) is 0 Å². The van der Waals surface area contributed by atoms with Gasteiger partial charge in [-0.25, -0.2) is 4.79 Å². The van der Waals surface area contributed by atoms with E-state index in [1.165, 1.54) is 5.56 Å². The van der Waals surface area contributed by atoms with Crippen molar-refractivity contribution >= 4 is 5.97 Å². The summed E-state index contributed by atoms with van der Waals surface area (Å²) >= 11 is 0. The molecule has 0 atom stereocenters. The van der Waals surface area contributed by atoms with Crippen LogP contribution in [0.25, 0.3) is 0 Å². The summed E-state index contributed by atoms with van der Waals surface area (Å²) in [5.41, 5.74) is 6.04. The first-order chi connectivity index (χ1) is 9.90. The first-order valence-electron chi connectivity index (χ1n) is 7.31. The van der Waals surface area contributed by atoms with E-state index in [0.717, 1.165) is 28.7 Å². The summed E-state index contributed by atoms with van der Waals surface area (Å²) in [6, 6.07) is 9.95. The number of carbonyl (C=O) groups is 1. The molecule has 0 bridgehead atoms. The second-order valence-corrected chi connectivity index (χ2v) is 5.67. The van der Waals surface area contributed by atoms with Crippen molar-refractivity contribution in [2.24, 2.45) is 0 Å². The van der Waals surface area contributed by atoms with E-state index < -0.39 is 0 Å². The van der Waals surface area contributed by atoms with E-state index in [2.05, 4.69) is 25.1 Å². The van der Waals surface area contributed by atoms with Crippen molar-refractivity contribution in [1.29, 1.82) is 0 Å². The van der Waals surface area contributed by atoms with Crippen molar-refractivity contribution in [3.05, 3.63) is 63.7 Å². The first-order valence-corrected chi connectivity index (χ1v) is 7.31. The highest BCUT2D eigenvalue weighted by Crippen LogP contribution is 2.22. The lowest BCUT2D eigenvalue weighted by Crippen LogP contribution is -2.13. The van der Waals surface area contributed by atoms with E-state index in [1.807, 2.05) is 39.8 Å². The summed E-state index contributed by atoms with van der Waals surface area (Å²) in [6.07, 6.45) is 0.966. The number of esters is 1.